The minimum atomic E-state index is -3.81. The second-order valence-electron chi connectivity index (χ2n) is 8.86. The van der Waals surface area contributed by atoms with Crippen LogP contribution in [-0.4, -0.2) is 42.3 Å². The fourth-order valence-corrected chi connectivity index (χ4v) is 6.45. The van der Waals surface area contributed by atoms with E-state index in [1.54, 1.807) is 55.0 Å². The molecule has 0 unspecified atom stereocenters. The zero-order valence-corrected chi connectivity index (χ0v) is 19.6. The van der Waals surface area contributed by atoms with E-state index in [-0.39, 0.29) is 10.9 Å². The fourth-order valence-electron chi connectivity index (χ4n) is 5.13. The molecule has 1 aromatic carbocycles. The van der Waals surface area contributed by atoms with Gasteiger partial charge in [0, 0.05) is 24.0 Å². The van der Waals surface area contributed by atoms with E-state index >= 15 is 0 Å². The molecule has 0 radical (unpaired) electrons. The highest BCUT2D eigenvalue weighted by Crippen LogP contribution is 2.40. The number of hydrogen-bond donors (Lipinski definition) is 1. The Labute approximate surface area is 201 Å². The summed E-state index contributed by atoms with van der Waals surface area (Å²) < 4.78 is 30.1. The highest BCUT2D eigenvalue weighted by molar-refractivity contribution is 7.90. The van der Waals surface area contributed by atoms with Crippen molar-refractivity contribution in [2.24, 2.45) is 5.92 Å². The summed E-state index contributed by atoms with van der Waals surface area (Å²) in [7, 11) is -3.81. The van der Waals surface area contributed by atoms with Crippen molar-refractivity contribution in [3.05, 3.63) is 55.0 Å². The first-order valence-corrected chi connectivity index (χ1v) is 12.9. The Kier molecular flexibility index (Phi) is 5.11. The number of pyridine rings is 1. The Balaban J connectivity index is 1.54. The molecule has 0 bridgehead atoms. The molecule has 0 spiro atoms. The second-order valence-corrected chi connectivity index (χ2v) is 10.7. The van der Waals surface area contributed by atoms with Gasteiger partial charge in [-0.15, -0.1) is 0 Å². The lowest BCUT2D eigenvalue weighted by Crippen LogP contribution is -2.19. The zero-order chi connectivity index (χ0) is 24.0. The Morgan fingerprint density at radius 1 is 1.09 bits per heavy atom. The molecule has 6 rings (SSSR count). The average Bonchev–Trinajstić information content (AvgIpc) is 3.63. The van der Waals surface area contributed by atoms with Crippen LogP contribution in [0.2, 0.25) is 0 Å². The van der Waals surface area contributed by atoms with Crippen molar-refractivity contribution in [1.82, 2.24) is 33.9 Å². The Hall–Kier alpha value is -4.04. The highest BCUT2D eigenvalue weighted by atomic mass is 32.2. The monoisotopic (exact) mass is 486 g/mol. The van der Waals surface area contributed by atoms with Crippen LogP contribution in [0.25, 0.3) is 33.6 Å². The van der Waals surface area contributed by atoms with Crippen LogP contribution in [0, 0.1) is 17.2 Å². The molecule has 4 aromatic heterocycles. The normalized spacial score (nSPS) is 18.7. The molecule has 1 saturated carbocycles. The lowest BCUT2D eigenvalue weighted by Gasteiger charge is -2.29. The molecule has 0 saturated heterocycles. The van der Waals surface area contributed by atoms with Gasteiger partial charge in [0.05, 0.1) is 28.9 Å². The van der Waals surface area contributed by atoms with Crippen LogP contribution in [0.1, 0.15) is 38.1 Å². The summed E-state index contributed by atoms with van der Waals surface area (Å²) in [6.45, 7) is 0. The maximum Gasteiger partial charge on any atom is 0.269 e. The second kappa shape index (κ2) is 8.32. The minimum Gasteiger partial charge on any atom is -0.319 e. The Morgan fingerprint density at radius 2 is 1.89 bits per heavy atom. The standard InChI is InChI=1S/C24H22N8O2S/c25-12-10-16-6-8-17(9-7-16)32-22-19-11-13-31(35(33,34)18-4-2-1-3-5-18)23(19)26-14-20(22)28-24(32)21-15-27-30-29-21/h1-5,11,13-17H,6-10H2,(H,27,29,30). The molecule has 1 fully saturated rings. The van der Waals surface area contributed by atoms with Crippen LogP contribution in [0.15, 0.2) is 59.9 Å². The van der Waals surface area contributed by atoms with Crippen molar-refractivity contribution < 1.29 is 8.42 Å². The quantitative estimate of drug-likeness (QED) is 0.396. The van der Waals surface area contributed by atoms with E-state index in [1.165, 1.54) is 3.97 Å². The van der Waals surface area contributed by atoms with Gasteiger partial charge in [0.25, 0.3) is 10.0 Å². The van der Waals surface area contributed by atoms with E-state index in [0.717, 1.165) is 31.2 Å². The first-order chi connectivity index (χ1) is 17.1. The summed E-state index contributed by atoms with van der Waals surface area (Å²) in [4.78, 5) is 9.54. The predicted molar refractivity (Wildman–Crippen MR) is 129 cm³/mol. The highest BCUT2D eigenvalue weighted by Gasteiger charge is 2.29. The number of fused-ring (bicyclic) bond motifs is 3. The number of nitrogens with one attached hydrogen (secondary N) is 1. The largest absolute Gasteiger partial charge is 0.319 e. The van der Waals surface area contributed by atoms with Crippen molar-refractivity contribution in [2.75, 3.05) is 0 Å². The summed E-state index contributed by atoms with van der Waals surface area (Å²) >= 11 is 0. The van der Waals surface area contributed by atoms with Crippen LogP contribution < -0.4 is 0 Å². The van der Waals surface area contributed by atoms with Gasteiger partial charge in [-0.3, -0.25) is 0 Å². The number of aromatic amines is 1. The molecule has 0 atom stereocenters. The number of nitrogens with zero attached hydrogens (tertiary/aromatic N) is 7. The van der Waals surface area contributed by atoms with E-state index in [0.29, 0.717) is 40.4 Å². The number of benzene rings is 1. The van der Waals surface area contributed by atoms with Gasteiger partial charge in [0.15, 0.2) is 11.5 Å². The van der Waals surface area contributed by atoms with Crippen molar-refractivity contribution >= 4 is 32.1 Å². The van der Waals surface area contributed by atoms with E-state index < -0.39 is 10.0 Å². The van der Waals surface area contributed by atoms with Crippen molar-refractivity contribution in [2.45, 2.75) is 43.0 Å². The molecule has 11 heteroatoms. The number of nitriles is 1. The van der Waals surface area contributed by atoms with E-state index in [2.05, 4.69) is 31.0 Å². The number of imidazole rings is 1. The lowest BCUT2D eigenvalue weighted by molar-refractivity contribution is 0.283. The first-order valence-electron chi connectivity index (χ1n) is 11.5. The van der Waals surface area contributed by atoms with Crippen LogP contribution in [0.3, 0.4) is 0 Å². The molecule has 4 heterocycles. The molecular weight excluding hydrogens is 464 g/mol. The van der Waals surface area contributed by atoms with Crippen LogP contribution in [-0.2, 0) is 10.0 Å². The minimum absolute atomic E-state index is 0.140. The maximum atomic E-state index is 13.4. The third-order valence-corrected chi connectivity index (χ3v) is 8.51. The van der Waals surface area contributed by atoms with Crippen molar-refractivity contribution in [3.63, 3.8) is 0 Å². The smallest absolute Gasteiger partial charge is 0.269 e. The van der Waals surface area contributed by atoms with E-state index in [1.807, 2.05) is 0 Å². The molecule has 1 aliphatic carbocycles. The number of aromatic nitrogens is 7. The Morgan fingerprint density at radius 3 is 2.60 bits per heavy atom. The molecule has 35 heavy (non-hydrogen) atoms. The first kappa shape index (κ1) is 21.5. The van der Waals surface area contributed by atoms with Gasteiger partial charge in [-0.1, -0.05) is 18.2 Å². The van der Waals surface area contributed by atoms with Gasteiger partial charge in [0.1, 0.15) is 11.2 Å². The number of H-pyrrole nitrogens is 1. The Bertz CT molecular complexity index is 1660. The summed E-state index contributed by atoms with van der Waals surface area (Å²) in [5.74, 6) is 1.07. The van der Waals surface area contributed by atoms with Gasteiger partial charge >= 0.3 is 0 Å². The lowest BCUT2D eigenvalue weighted by atomic mass is 9.84. The van der Waals surface area contributed by atoms with Crippen molar-refractivity contribution in [3.8, 4) is 17.6 Å². The average molecular weight is 487 g/mol. The van der Waals surface area contributed by atoms with Gasteiger partial charge in [0.2, 0.25) is 0 Å². The molecular formula is C24H22N8O2S. The summed E-state index contributed by atoms with van der Waals surface area (Å²) in [6.07, 6.45) is 9.08. The van der Waals surface area contributed by atoms with Crippen LogP contribution >= 0.6 is 0 Å². The molecule has 10 nitrogen and oxygen atoms in total. The van der Waals surface area contributed by atoms with Gasteiger partial charge in [-0.25, -0.2) is 22.4 Å². The molecule has 1 N–H and O–H groups in total. The third kappa shape index (κ3) is 3.49. The summed E-state index contributed by atoms with van der Waals surface area (Å²) in [5, 5.41) is 20.7. The van der Waals surface area contributed by atoms with E-state index in [9.17, 15) is 8.42 Å². The summed E-state index contributed by atoms with van der Waals surface area (Å²) in [5.41, 5.74) is 2.47. The van der Waals surface area contributed by atoms with Gasteiger partial charge < -0.3 is 4.57 Å². The fraction of sp³-hybridized carbons (Fsp3) is 0.292. The SMILES string of the molecule is N#CCC1CCC(n2c(-c3cn[nH]n3)nc3cnc4c(ccn4S(=O)(=O)c4ccccc4)c32)CC1. The zero-order valence-electron chi connectivity index (χ0n) is 18.7. The molecule has 0 aliphatic heterocycles. The predicted octanol–water partition coefficient (Wildman–Crippen LogP) is 4.05. The van der Waals surface area contributed by atoms with E-state index in [4.69, 9.17) is 10.2 Å². The van der Waals surface area contributed by atoms with Crippen LogP contribution in [0.4, 0.5) is 0 Å². The van der Waals surface area contributed by atoms with Gasteiger partial charge in [-0.05, 0) is 49.8 Å². The molecule has 1 aliphatic rings. The van der Waals surface area contributed by atoms with Crippen molar-refractivity contribution in [1.29, 1.82) is 5.26 Å². The maximum absolute atomic E-state index is 13.4. The molecule has 176 valence electrons. The number of hydrogen-bond acceptors (Lipinski definition) is 7. The molecule has 0 amide bonds. The van der Waals surface area contributed by atoms with Crippen LogP contribution in [0.5, 0.6) is 0 Å². The summed E-state index contributed by atoms with van der Waals surface area (Å²) in [6, 6.07) is 12.6. The molecule has 5 aromatic rings. The topological polar surface area (TPSA) is 135 Å². The number of rotatable bonds is 5. The third-order valence-electron chi connectivity index (χ3n) is 6.83. The van der Waals surface area contributed by atoms with Gasteiger partial charge in [-0.2, -0.15) is 20.7 Å².